The molecule has 1 N–H and O–H groups in total. The molecule has 2 rings (SSSR count). The third-order valence-electron chi connectivity index (χ3n) is 3.74. The van der Waals surface area contributed by atoms with E-state index in [1.54, 1.807) is 30.3 Å². The van der Waals surface area contributed by atoms with Gasteiger partial charge in [0.1, 0.15) is 5.01 Å². The molecule has 1 amide bonds. The largest absolute Gasteiger partial charge is 0.348 e. The van der Waals surface area contributed by atoms with E-state index in [-0.39, 0.29) is 5.91 Å². The Morgan fingerprint density at radius 2 is 2.10 bits per heavy atom. The molecule has 1 aliphatic heterocycles. The Kier molecular flexibility index (Phi) is 5.51. The number of carbonyl (C=O) groups is 1. The van der Waals surface area contributed by atoms with Crippen molar-refractivity contribution in [2.45, 2.75) is 31.8 Å². The zero-order valence-corrected chi connectivity index (χ0v) is 13.4. The van der Waals surface area contributed by atoms with E-state index in [0.717, 1.165) is 30.3 Å². The molecule has 1 aromatic heterocycles. The average molecular weight is 296 g/mol. The van der Waals surface area contributed by atoms with Crippen LogP contribution >= 0.6 is 11.3 Å². The van der Waals surface area contributed by atoms with Gasteiger partial charge < -0.3 is 10.2 Å². The first-order valence-corrected chi connectivity index (χ1v) is 7.98. The molecule has 0 radical (unpaired) electrons. The van der Waals surface area contributed by atoms with Crippen LogP contribution < -0.4 is 5.32 Å². The summed E-state index contributed by atoms with van der Waals surface area (Å²) in [6, 6.07) is 0.643. The highest BCUT2D eigenvalue weighted by Gasteiger charge is 2.18. The van der Waals surface area contributed by atoms with E-state index in [4.69, 9.17) is 0 Å². The molecular weight excluding hydrogens is 272 g/mol. The minimum absolute atomic E-state index is 0.109. The van der Waals surface area contributed by atoms with Gasteiger partial charge in [-0.1, -0.05) is 0 Å². The number of nitrogens with one attached hydrogen (secondary N) is 1. The molecule has 0 saturated carbocycles. The lowest BCUT2D eigenvalue weighted by molar-refractivity contribution is -0.127. The van der Waals surface area contributed by atoms with E-state index in [1.165, 1.54) is 12.8 Å². The van der Waals surface area contributed by atoms with Crippen LogP contribution in [0.2, 0.25) is 0 Å². The van der Waals surface area contributed by atoms with E-state index in [9.17, 15) is 4.79 Å². The summed E-state index contributed by atoms with van der Waals surface area (Å²) in [6.07, 6.45) is 2.81. The first kappa shape index (κ1) is 15.4. The number of thiazole rings is 1. The molecule has 1 aliphatic rings. The van der Waals surface area contributed by atoms with Gasteiger partial charge in [0.15, 0.2) is 0 Å². The lowest BCUT2D eigenvalue weighted by Gasteiger charge is -2.31. The maximum absolute atomic E-state index is 11.7. The zero-order valence-electron chi connectivity index (χ0n) is 12.6. The molecular formula is C14H24N4OS. The fourth-order valence-corrected chi connectivity index (χ4v) is 3.20. The molecule has 0 spiro atoms. The standard InChI is InChI=1S/C14H24N4OS/c1-17(2)14(19)8-13-16-11(10-20-13)9-18(3)12-4-6-15-7-5-12/h10,12,15H,4-9H2,1-3H3. The number of carbonyl (C=O) groups excluding carboxylic acids is 1. The number of rotatable bonds is 5. The molecule has 6 heteroatoms. The van der Waals surface area contributed by atoms with Gasteiger partial charge in [-0.2, -0.15) is 0 Å². The fraction of sp³-hybridized carbons (Fsp3) is 0.714. The molecule has 20 heavy (non-hydrogen) atoms. The van der Waals surface area contributed by atoms with Gasteiger partial charge in [0.25, 0.3) is 0 Å². The number of aromatic nitrogens is 1. The molecule has 1 fully saturated rings. The van der Waals surface area contributed by atoms with Gasteiger partial charge in [0.05, 0.1) is 12.1 Å². The molecule has 1 aromatic rings. The Labute approximate surface area is 125 Å². The smallest absolute Gasteiger partial charge is 0.228 e. The third-order valence-corrected chi connectivity index (χ3v) is 4.64. The van der Waals surface area contributed by atoms with Gasteiger partial charge in [-0.15, -0.1) is 11.3 Å². The van der Waals surface area contributed by atoms with Gasteiger partial charge >= 0.3 is 0 Å². The van der Waals surface area contributed by atoms with Gasteiger partial charge in [-0.05, 0) is 33.0 Å². The monoisotopic (exact) mass is 296 g/mol. The Morgan fingerprint density at radius 1 is 1.40 bits per heavy atom. The number of nitrogens with zero attached hydrogens (tertiary/aromatic N) is 3. The predicted molar refractivity (Wildman–Crippen MR) is 81.9 cm³/mol. The normalized spacial score (nSPS) is 16.6. The first-order chi connectivity index (χ1) is 9.56. The highest BCUT2D eigenvalue weighted by Crippen LogP contribution is 2.16. The van der Waals surface area contributed by atoms with E-state index in [0.29, 0.717) is 12.5 Å². The summed E-state index contributed by atoms with van der Waals surface area (Å²) >= 11 is 1.59. The highest BCUT2D eigenvalue weighted by molar-refractivity contribution is 7.09. The SMILES string of the molecule is CN(C)C(=O)Cc1nc(CN(C)C2CCNCC2)cs1. The van der Waals surface area contributed by atoms with Crippen molar-refractivity contribution in [2.24, 2.45) is 0 Å². The highest BCUT2D eigenvalue weighted by atomic mass is 32.1. The van der Waals surface area contributed by atoms with Crippen molar-refractivity contribution in [3.05, 3.63) is 16.1 Å². The summed E-state index contributed by atoms with van der Waals surface area (Å²) in [5.41, 5.74) is 1.08. The number of hydrogen-bond acceptors (Lipinski definition) is 5. The van der Waals surface area contributed by atoms with Gasteiger partial charge in [-0.3, -0.25) is 9.69 Å². The van der Waals surface area contributed by atoms with Crippen LogP contribution in [0.4, 0.5) is 0 Å². The molecule has 0 aromatic carbocycles. The summed E-state index contributed by atoms with van der Waals surface area (Å²) in [7, 11) is 5.73. The second-order valence-corrected chi connectivity index (χ2v) is 6.54. The maximum Gasteiger partial charge on any atom is 0.228 e. The minimum atomic E-state index is 0.109. The Morgan fingerprint density at radius 3 is 2.75 bits per heavy atom. The third kappa shape index (κ3) is 4.26. The molecule has 0 atom stereocenters. The van der Waals surface area contributed by atoms with Gasteiger partial charge in [0, 0.05) is 32.1 Å². The van der Waals surface area contributed by atoms with Crippen molar-refractivity contribution in [3.8, 4) is 0 Å². The van der Waals surface area contributed by atoms with Crippen LogP contribution in [-0.2, 0) is 17.8 Å². The van der Waals surface area contributed by atoms with Crippen LogP contribution in [0.25, 0.3) is 0 Å². The molecule has 0 aliphatic carbocycles. The van der Waals surface area contributed by atoms with Crippen molar-refractivity contribution < 1.29 is 4.79 Å². The summed E-state index contributed by atoms with van der Waals surface area (Å²) in [5, 5.41) is 6.38. The van der Waals surface area contributed by atoms with Gasteiger partial charge in [0.2, 0.25) is 5.91 Å². The molecule has 112 valence electrons. The lowest BCUT2D eigenvalue weighted by atomic mass is 10.1. The van der Waals surface area contributed by atoms with Gasteiger partial charge in [-0.25, -0.2) is 4.98 Å². The first-order valence-electron chi connectivity index (χ1n) is 7.10. The number of piperidine rings is 1. The molecule has 0 unspecified atom stereocenters. The van der Waals surface area contributed by atoms with Crippen LogP contribution in [0.15, 0.2) is 5.38 Å². The number of likely N-dealkylation sites (N-methyl/N-ethyl adjacent to an activating group) is 1. The van der Waals surface area contributed by atoms with Crippen molar-refractivity contribution in [2.75, 3.05) is 34.2 Å². The number of hydrogen-bond donors (Lipinski definition) is 1. The second-order valence-electron chi connectivity index (χ2n) is 5.59. The Balaban J connectivity index is 1.87. The Hall–Kier alpha value is -0.980. The van der Waals surface area contributed by atoms with Crippen molar-refractivity contribution in [1.29, 1.82) is 0 Å². The summed E-state index contributed by atoms with van der Waals surface area (Å²) in [4.78, 5) is 20.2. The van der Waals surface area contributed by atoms with Crippen LogP contribution in [0.1, 0.15) is 23.5 Å². The topological polar surface area (TPSA) is 48.5 Å². The van der Waals surface area contributed by atoms with E-state index >= 15 is 0 Å². The fourth-order valence-electron chi connectivity index (χ4n) is 2.42. The lowest BCUT2D eigenvalue weighted by Crippen LogP contribution is -2.40. The quantitative estimate of drug-likeness (QED) is 0.879. The van der Waals surface area contributed by atoms with E-state index in [1.807, 2.05) is 0 Å². The van der Waals surface area contributed by atoms with Crippen LogP contribution in [0, 0.1) is 0 Å². The van der Waals surface area contributed by atoms with E-state index < -0.39 is 0 Å². The average Bonchev–Trinajstić information content (AvgIpc) is 2.86. The van der Waals surface area contributed by atoms with Crippen molar-refractivity contribution in [3.63, 3.8) is 0 Å². The maximum atomic E-state index is 11.7. The number of amides is 1. The van der Waals surface area contributed by atoms with E-state index in [2.05, 4.69) is 27.6 Å². The van der Waals surface area contributed by atoms with Crippen LogP contribution in [0.3, 0.4) is 0 Å². The predicted octanol–water partition coefficient (Wildman–Crippen LogP) is 0.958. The second kappa shape index (κ2) is 7.15. The molecule has 2 heterocycles. The Bertz CT molecular complexity index is 440. The molecule has 5 nitrogen and oxygen atoms in total. The zero-order chi connectivity index (χ0) is 14.5. The summed E-state index contributed by atoms with van der Waals surface area (Å²) in [5.74, 6) is 0.109. The molecule has 1 saturated heterocycles. The van der Waals surface area contributed by atoms with Crippen LogP contribution in [-0.4, -0.2) is 61.0 Å². The summed E-state index contributed by atoms with van der Waals surface area (Å²) < 4.78 is 0. The summed E-state index contributed by atoms with van der Waals surface area (Å²) in [6.45, 7) is 3.08. The molecule has 0 bridgehead atoms. The van der Waals surface area contributed by atoms with Crippen molar-refractivity contribution >= 4 is 17.2 Å². The van der Waals surface area contributed by atoms with Crippen LogP contribution in [0.5, 0.6) is 0 Å². The van der Waals surface area contributed by atoms with Crippen molar-refractivity contribution in [1.82, 2.24) is 20.1 Å². The minimum Gasteiger partial charge on any atom is -0.348 e.